The first-order valence-corrected chi connectivity index (χ1v) is 9.31. The highest BCUT2D eigenvalue weighted by Gasteiger charge is 2.31. The number of aromatic nitrogens is 2. The fourth-order valence-electron chi connectivity index (χ4n) is 3.02. The van der Waals surface area contributed by atoms with Crippen molar-refractivity contribution in [3.05, 3.63) is 77.8 Å². The molecule has 0 spiro atoms. The first kappa shape index (κ1) is 22.6. The van der Waals surface area contributed by atoms with Crippen molar-refractivity contribution in [1.29, 1.82) is 0 Å². The molecular weight excluding hydrogens is 427 g/mol. The van der Waals surface area contributed by atoms with Crippen LogP contribution in [0.1, 0.15) is 26.4 Å². The van der Waals surface area contributed by atoms with Crippen LogP contribution in [0.2, 0.25) is 0 Å². The van der Waals surface area contributed by atoms with Gasteiger partial charge in [0.05, 0.1) is 16.8 Å². The summed E-state index contributed by atoms with van der Waals surface area (Å²) in [6.07, 6.45) is -2.18. The number of halogens is 3. The van der Waals surface area contributed by atoms with E-state index in [1.807, 2.05) is 24.3 Å². The van der Waals surface area contributed by atoms with Crippen molar-refractivity contribution in [3.63, 3.8) is 0 Å². The number of aliphatic hydroxyl groups excluding tert-OH is 1. The lowest BCUT2D eigenvalue weighted by molar-refractivity contribution is -0.119. The molecule has 0 aliphatic carbocycles. The number of benzene rings is 1. The van der Waals surface area contributed by atoms with Crippen LogP contribution in [0, 0.1) is 0 Å². The summed E-state index contributed by atoms with van der Waals surface area (Å²) in [7, 11) is 0. The normalized spacial score (nSPS) is 12.8. The molecule has 0 unspecified atom stereocenters. The summed E-state index contributed by atoms with van der Waals surface area (Å²) in [6.45, 7) is 2.89. The summed E-state index contributed by atoms with van der Waals surface area (Å²) >= 11 is 0. The van der Waals surface area contributed by atoms with Crippen molar-refractivity contribution in [2.24, 2.45) is 0 Å². The Morgan fingerprint density at radius 3 is 2.44 bits per heavy atom. The molecule has 1 aliphatic rings. The van der Waals surface area contributed by atoms with Gasteiger partial charge < -0.3 is 20.5 Å². The topological polar surface area (TPSA) is 115 Å². The van der Waals surface area contributed by atoms with Crippen molar-refractivity contribution in [2.45, 2.75) is 12.6 Å². The number of carbonyl (C=O) groups is 2. The third kappa shape index (κ3) is 5.15. The van der Waals surface area contributed by atoms with E-state index in [9.17, 15) is 22.8 Å². The molecule has 1 amide bonds. The van der Waals surface area contributed by atoms with Crippen LogP contribution < -0.4 is 5.32 Å². The summed E-state index contributed by atoms with van der Waals surface area (Å²) in [5.41, 5.74) is 4.98. The molecule has 3 aromatic rings. The molecule has 0 atom stereocenters. The zero-order valence-electron chi connectivity index (χ0n) is 16.5. The highest BCUT2D eigenvalue weighted by molar-refractivity contribution is 5.97. The standard InChI is InChI=1S/C19H15N3O3.C3H3F3O/c23-18-14-10-17(22-15(14)5-7-21-18)12-4-6-20-16(9-12)11-2-1-3-13(8-11)19(24)25;1-2(7)3(4,5)6/h1-4,6,8-10,22H,5,7H2,(H,21,23)(H,24,25);7H,1H2. The average Bonchev–Trinajstić information content (AvgIpc) is 3.20. The summed E-state index contributed by atoms with van der Waals surface area (Å²) in [5.74, 6) is -2.79. The number of nitrogens with zero attached hydrogens (tertiary/aromatic N) is 1. The monoisotopic (exact) mass is 445 g/mol. The number of fused-ring (bicyclic) bond motifs is 1. The first-order valence-electron chi connectivity index (χ1n) is 9.31. The van der Waals surface area contributed by atoms with Crippen molar-refractivity contribution in [2.75, 3.05) is 6.54 Å². The summed E-state index contributed by atoms with van der Waals surface area (Å²) in [5, 5.41) is 19.5. The molecule has 3 heterocycles. The first-order chi connectivity index (χ1) is 15.1. The number of aromatic amines is 1. The van der Waals surface area contributed by atoms with Gasteiger partial charge in [-0.3, -0.25) is 9.78 Å². The van der Waals surface area contributed by atoms with Gasteiger partial charge in [0.2, 0.25) is 0 Å². The Morgan fingerprint density at radius 1 is 1.09 bits per heavy atom. The molecule has 0 bridgehead atoms. The SMILES string of the molecule is C=C(O)C(F)(F)F.O=C(O)c1cccc(-c2cc(-c3cc4c([nH]3)CCNC4=O)ccn2)c1. The van der Waals surface area contributed by atoms with Gasteiger partial charge in [0.1, 0.15) is 0 Å². The van der Waals surface area contributed by atoms with E-state index in [4.69, 9.17) is 10.2 Å². The molecule has 0 fully saturated rings. The molecule has 166 valence electrons. The maximum Gasteiger partial charge on any atom is 0.448 e. The maximum atomic E-state index is 11.9. The summed E-state index contributed by atoms with van der Waals surface area (Å²) in [4.78, 5) is 30.7. The molecule has 1 aliphatic heterocycles. The fraction of sp³-hybridized carbons (Fsp3) is 0.136. The largest absolute Gasteiger partial charge is 0.505 e. The molecule has 4 rings (SSSR count). The van der Waals surface area contributed by atoms with E-state index in [0.717, 1.165) is 28.9 Å². The van der Waals surface area contributed by atoms with E-state index in [0.29, 0.717) is 17.8 Å². The molecule has 0 radical (unpaired) electrons. The number of hydrogen-bond donors (Lipinski definition) is 4. The molecule has 32 heavy (non-hydrogen) atoms. The number of hydrogen-bond acceptors (Lipinski definition) is 4. The lowest BCUT2D eigenvalue weighted by Gasteiger charge is -2.10. The van der Waals surface area contributed by atoms with Crippen LogP contribution in [0.4, 0.5) is 13.2 Å². The van der Waals surface area contributed by atoms with Gasteiger partial charge in [-0.05, 0) is 30.3 Å². The van der Waals surface area contributed by atoms with Gasteiger partial charge in [-0.15, -0.1) is 0 Å². The fourth-order valence-corrected chi connectivity index (χ4v) is 3.02. The number of aliphatic hydroxyl groups is 1. The number of nitrogens with one attached hydrogen (secondary N) is 2. The number of carboxylic acids is 1. The molecular formula is C22H18F3N3O4. The highest BCUT2D eigenvalue weighted by atomic mass is 19.4. The molecule has 1 aromatic carbocycles. The Balaban J connectivity index is 0.000000360. The van der Waals surface area contributed by atoms with Gasteiger partial charge in [0.25, 0.3) is 5.91 Å². The van der Waals surface area contributed by atoms with Crippen LogP contribution in [0.15, 0.2) is 61.0 Å². The average molecular weight is 445 g/mol. The number of amides is 1. The van der Waals surface area contributed by atoms with E-state index in [-0.39, 0.29) is 11.5 Å². The smallest absolute Gasteiger partial charge is 0.448 e. The number of carboxylic acid groups (broad SMARTS) is 1. The van der Waals surface area contributed by atoms with E-state index in [1.54, 1.807) is 24.4 Å². The van der Waals surface area contributed by atoms with Gasteiger partial charge in [-0.1, -0.05) is 18.7 Å². The number of allylic oxidation sites excluding steroid dienone is 1. The van der Waals surface area contributed by atoms with Crippen molar-refractivity contribution >= 4 is 11.9 Å². The Morgan fingerprint density at radius 2 is 1.81 bits per heavy atom. The van der Waals surface area contributed by atoms with Gasteiger partial charge >= 0.3 is 12.1 Å². The second kappa shape index (κ2) is 8.96. The Kier molecular flexibility index (Phi) is 6.33. The molecule has 0 saturated carbocycles. The van der Waals surface area contributed by atoms with Gasteiger partial charge in [0, 0.05) is 41.7 Å². The Labute approximate surface area is 180 Å². The minimum Gasteiger partial charge on any atom is -0.505 e. The third-order valence-electron chi connectivity index (χ3n) is 4.61. The molecule has 0 saturated heterocycles. The third-order valence-corrected chi connectivity index (χ3v) is 4.61. The van der Waals surface area contributed by atoms with E-state index < -0.39 is 17.9 Å². The van der Waals surface area contributed by atoms with Crippen molar-refractivity contribution in [1.82, 2.24) is 15.3 Å². The highest BCUT2D eigenvalue weighted by Crippen LogP contribution is 2.27. The minimum atomic E-state index is -4.64. The van der Waals surface area contributed by atoms with Crippen molar-refractivity contribution < 1.29 is 33.0 Å². The number of pyridine rings is 1. The van der Waals surface area contributed by atoms with Crippen LogP contribution in [0.25, 0.3) is 22.5 Å². The second-order valence-corrected chi connectivity index (χ2v) is 6.84. The minimum absolute atomic E-state index is 0.0628. The lowest BCUT2D eigenvalue weighted by atomic mass is 10.0. The number of aromatic carboxylic acids is 1. The van der Waals surface area contributed by atoms with E-state index in [2.05, 4.69) is 21.9 Å². The Bertz CT molecular complexity index is 1190. The summed E-state index contributed by atoms with van der Waals surface area (Å²) < 4.78 is 32.5. The molecule has 4 N–H and O–H groups in total. The molecule has 2 aromatic heterocycles. The van der Waals surface area contributed by atoms with Crippen molar-refractivity contribution in [3.8, 4) is 22.5 Å². The van der Waals surface area contributed by atoms with Crippen LogP contribution in [-0.2, 0) is 6.42 Å². The van der Waals surface area contributed by atoms with Crippen LogP contribution in [-0.4, -0.2) is 44.8 Å². The van der Waals surface area contributed by atoms with E-state index >= 15 is 0 Å². The number of H-pyrrole nitrogens is 1. The van der Waals surface area contributed by atoms with Crippen LogP contribution in [0.3, 0.4) is 0 Å². The number of carbonyl (C=O) groups excluding carboxylic acids is 1. The predicted molar refractivity (Wildman–Crippen MR) is 110 cm³/mol. The van der Waals surface area contributed by atoms with E-state index in [1.165, 1.54) is 0 Å². The quantitative estimate of drug-likeness (QED) is 0.448. The van der Waals surface area contributed by atoms with Gasteiger partial charge in [-0.25, -0.2) is 4.79 Å². The lowest BCUT2D eigenvalue weighted by Crippen LogP contribution is -2.31. The molecule has 10 heteroatoms. The molecule has 7 nitrogen and oxygen atoms in total. The number of alkyl halides is 3. The predicted octanol–water partition coefficient (Wildman–Crippen LogP) is 4.35. The zero-order chi connectivity index (χ0) is 23.5. The second-order valence-electron chi connectivity index (χ2n) is 6.84. The van der Waals surface area contributed by atoms with Crippen LogP contribution >= 0.6 is 0 Å². The van der Waals surface area contributed by atoms with Gasteiger partial charge in [0.15, 0.2) is 5.76 Å². The summed E-state index contributed by atoms with van der Waals surface area (Å²) in [6, 6.07) is 12.3. The maximum absolute atomic E-state index is 11.9. The van der Waals surface area contributed by atoms with Crippen LogP contribution in [0.5, 0.6) is 0 Å². The Hall–Kier alpha value is -4.08. The van der Waals surface area contributed by atoms with Gasteiger partial charge in [-0.2, -0.15) is 13.2 Å². The zero-order valence-corrected chi connectivity index (χ0v) is 16.5. The number of rotatable bonds is 3.